The molecule has 5 rings (SSSR count). The van der Waals surface area contributed by atoms with Crippen molar-refractivity contribution in [2.75, 3.05) is 39.9 Å². The maximum Gasteiger partial charge on any atom is 0.410 e. The summed E-state index contributed by atoms with van der Waals surface area (Å²) < 4.78 is 10.8. The summed E-state index contributed by atoms with van der Waals surface area (Å²) in [6.07, 6.45) is 6.67. The molecule has 0 N–H and O–H groups in total. The number of likely N-dealkylation sites (N-methyl/N-ethyl adjacent to an activating group) is 1. The van der Waals surface area contributed by atoms with Gasteiger partial charge in [-0.3, -0.25) is 9.59 Å². The molecule has 0 radical (unpaired) electrons. The summed E-state index contributed by atoms with van der Waals surface area (Å²) in [5.74, 6) is 0.550. The number of rotatable bonds is 8. The summed E-state index contributed by atoms with van der Waals surface area (Å²) >= 11 is 0. The quantitative estimate of drug-likeness (QED) is 0.463. The number of aromatic nitrogens is 2. The Balaban J connectivity index is 1.17. The third kappa shape index (κ3) is 7.27. The molecule has 3 aliphatic rings. The van der Waals surface area contributed by atoms with Crippen molar-refractivity contribution >= 4 is 17.9 Å². The van der Waals surface area contributed by atoms with Gasteiger partial charge in [-0.25, -0.2) is 14.8 Å². The highest BCUT2D eigenvalue weighted by Crippen LogP contribution is 2.33. The molecule has 1 aromatic carbocycles. The summed E-state index contributed by atoms with van der Waals surface area (Å²) in [6, 6.07) is 7.98. The molecular formula is C32H43N5O5. The van der Waals surface area contributed by atoms with E-state index in [0.29, 0.717) is 50.7 Å². The van der Waals surface area contributed by atoms with Gasteiger partial charge in [0, 0.05) is 62.1 Å². The second-order valence-electron chi connectivity index (χ2n) is 13.4. The average molecular weight is 578 g/mol. The first-order valence-electron chi connectivity index (χ1n) is 14.9. The van der Waals surface area contributed by atoms with E-state index in [1.165, 1.54) is 0 Å². The van der Waals surface area contributed by atoms with Crippen LogP contribution in [0.4, 0.5) is 4.79 Å². The van der Waals surface area contributed by atoms with Gasteiger partial charge in [0.25, 0.3) is 5.91 Å². The van der Waals surface area contributed by atoms with E-state index < -0.39 is 5.60 Å². The van der Waals surface area contributed by atoms with Gasteiger partial charge in [0.1, 0.15) is 5.60 Å². The maximum absolute atomic E-state index is 13.6. The van der Waals surface area contributed by atoms with E-state index in [9.17, 15) is 14.4 Å². The number of carbonyl (C=O) groups excluding carboxylic acids is 3. The van der Waals surface area contributed by atoms with Crippen LogP contribution >= 0.6 is 0 Å². The lowest BCUT2D eigenvalue weighted by Gasteiger charge is -2.40. The van der Waals surface area contributed by atoms with E-state index in [-0.39, 0.29) is 35.4 Å². The van der Waals surface area contributed by atoms with Crippen LogP contribution in [0.5, 0.6) is 0 Å². The first kappa shape index (κ1) is 29.9. The fourth-order valence-corrected chi connectivity index (χ4v) is 5.66. The molecule has 1 aliphatic carbocycles. The molecule has 2 saturated heterocycles. The molecule has 0 spiro atoms. The number of ether oxygens (including phenoxy) is 2. The second-order valence-corrected chi connectivity index (χ2v) is 13.4. The predicted molar refractivity (Wildman–Crippen MR) is 158 cm³/mol. The highest BCUT2D eigenvalue weighted by molar-refractivity contribution is 5.94. The molecule has 2 aromatic rings. The number of hydrogen-bond donors (Lipinski definition) is 0. The summed E-state index contributed by atoms with van der Waals surface area (Å²) in [7, 11) is 1.84. The van der Waals surface area contributed by atoms with E-state index in [2.05, 4.69) is 16.9 Å². The van der Waals surface area contributed by atoms with Crippen LogP contribution in [0.25, 0.3) is 11.4 Å². The van der Waals surface area contributed by atoms with Crippen LogP contribution in [0.1, 0.15) is 69.3 Å². The highest BCUT2D eigenvalue weighted by atomic mass is 16.6. The molecule has 1 saturated carbocycles. The summed E-state index contributed by atoms with van der Waals surface area (Å²) in [5.41, 5.74) is 1.74. The van der Waals surface area contributed by atoms with Gasteiger partial charge in [0.15, 0.2) is 5.82 Å². The van der Waals surface area contributed by atoms with Gasteiger partial charge in [0.2, 0.25) is 5.91 Å². The number of nitrogens with zero attached hydrogens (tertiary/aromatic N) is 5. The van der Waals surface area contributed by atoms with E-state index in [0.717, 1.165) is 36.8 Å². The molecular weight excluding hydrogens is 534 g/mol. The summed E-state index contributed by atoms with van der Waals surface area (Å²) in [5, 5.41) is 0. The average Bonchev–Trinajstić information content (AvgIpc) is 3.77. The molecule has 10 nitrogen and oxygen atoms in total. The Bertz CT molecular complexity index is 1270. The number of amides is 3. The molecule has 0 bridgehead atoms. The third-order valence-electron chi connectivity index (χ3n) is 8.10. The minimum absolute atomic E-state index is 0.0498. The van der Waals surface area contributed by atoms with Crippen LogP contribution < -0.4 is 0 Å². The van der Waals surface area contributed by atoms with Gasteiger partial charge >= 0.3 is 6.09 Å². The Morgan fingerprint density at radius 2 is 1.60 bits per heavy atom. The second kappa shape index (κ2) is 12.0. The highest BCUT2D eigenvalue weighted by Gasteiger charge is 2.40. The zero-order valence-corrected chi connectivity index (χ0v) is 25.5. The van der Waals surface area contributed by atoms with Crippen LogP contribution in [-0.2, 0) is 20.7 Å². The molecule has 42 heavy (non-hydrogen) atoms. The van der Waals surface area contributed by atoms with E-state index in [1.807, 2.05) is 57.0 Å². The summed E-state index contributed by atoms with van der Waals surface area (Å²) in [4.78, 5) is 53.3. The van der Waals surface area contributed by atoms with Crippen molar-refractivity contribution in [3.8, 4) is 11.4 Å². The Hall–Kier alpha value is -3.53. The van der Waals surface area contributed by atoms with Crippen molar-refractivity contribution in [3.63, 3.8) is 0 Å². The Morgan fingerprint density at radius 1 is 1.00 bits per heavy atom. The number of carbonyl (C=O) groups is 3. The topological polar surface area (TPSA) is 105 Å². The van der Waals surface area contributed by atoms with Gasteiger partial charge in [-0.1, -0.05) is 31.2 Å². The third-order valence-corrected chi connectivity index (χ3v) is 8.10. The van der Waals surface area contributed by atoms with Crippen LogP contribution in [0, 0.1) is 5.41 Å². The number of hydrogen-bond acceptors (Lipinski definition) is 7. The first-order valence-corrected chi connectivity index (χ1v) is 14.9. The van der Waals surface area contributed by atoms with Crippen LogP contribution in [0.3, 0.4) is 0 Å². The van der Waals surface area contributed by atoms with Crippen LogP contribution in [0.15, 0.2) is 36.7 Å². The van der Waals surface area contributed by atoms with Gasteiger partial charge in [-0.05, 0) is 52.0 Å². The van der Waals surface area contributed by atoms with Gasteiger partial charge in [-0.2, -0.15) is 0 Å². The Morgan fingerprint density at radius 3 is 2.12 bits per heavy atom. The lowest BCUT2D eigenvalue weighted by Crippen LogP contribution is -2.50. The van der Waals surface area contributed by atoms with Gasteiger partial charge < -0.3 is 24.2 Å². The molecule has 2 aliphatic heterocycles. The first-order chi connectivity index (χ1) is 19.9. The largest absolute Gasteiger partial charge is 0.444 e. The van der Waals surface area contributed by atoms with Crippen LogP contribution in [-0.4, -0.2) is 100 Å². The maximum atomic E-state index is 13.6. The molecule has 3 amide bonds. The van der Waals surface area contributed by atoms with Crippen molar-refractivity contribution in [2.24, 2.45) is 5.41 Å². The van der Waals surface area contributed by atoms with E-state index >= 15 is 0 Å². The molecule has 10 heteroatoms. The van der Waals surface area contributed by atoms with E-state index in [1.54, 1.807) is 22.2 Å². The zero-order valence-electron chi connectivity index (χ0n) is 25.5. The summed E-state index contributed by atoms with van der Waals surface area (Å²) in [6.45, 7) is 10.9. The number of likely N-dealkylation sites (tertiary alicyclic amines) is 1. The molecule has 3 heterocycles. The molecule has 0 atom stereocenters. The van der Waals surface area contributed by atoms with Crippen LogP contribution in [0.2, 0.25) is 0 Å². The Labute approximate surface area is 248 Å². The minimum Gasteiger partial charge on any atom is -0.444 e. The fraction of sp³-hybridized carbons (Fsp3) is 0.594. The van der Waals surface area contributed by atoms with Crippen molar-refractivity contribution in [1.82, 2.24) is 24.7 Å². The Kier molecular flexibility index (Phi) is 8.55. The monoisotopic (exact) mass is 577 g/mol. The normalized spacial score (nSPS) is 18.6. The van der Waals surface area contributed by atoms with Crippen molar-refractivity contribution in [2.45, 2.75) is 77.5 Å². The predicted octanol–water partition coefficient (Wildman–Crippen LogP) is 4.19. The van der Waals surface area contributed by atoms with E-state index in [4.69, 9.17) is 9.47 Å². The molecule has 0 unspecified atom stereocenters. The zero-order chi connectivity index (χ0) is 30.1. The number of benzene rings is 1. The minimum atomic E-state index is -0.530. The number of piperidine rings is 1. The van der Waals surface area contributed by atoms with Gasteiger partial charge in [-0.15, -0.1) is 0 Å². The lowest BCUT2D eigenvalue weighted by atomic mass is 9.88. The van der Waals surface area contributed by atoms with Crippen molar-refractivity contribution < 1.29 is 23.9 Å². The van der Waals surface area contributed by atoms with Crippen molar-refractivity contribution in [3.05, 3.63) is 47.8 Å². The molecule has 1 aromatic heterocycles. The lowest BCUT2D eigenvalue weighted by molar-refractivity contribution is -0.141. The van der Waals surface area contributed by atoms with Gasteiger partial charge in [0.05, 0.1) is 25.2 Å². The van der Waals surface area contributed by atoms with Crippen molar-refractivity contribution in [1.29, 1.82) is 0 Å². The SMILES string of the molecule is CN(CC1(C)COC1)C(=O)Cc1ccc(-c2ncc(C(=O)N(C3CC3)C3CCN(C(=O)OC(C)(C)C)CC3)cn2)cc1. The molecule has 226 valence electrons. The smallest absolute Gasteiger partial charge is 0.410 e. The standard InChI is InChI=1S/C32H43N5O5/c1-31(2,3)42-30(40)36-14-12-26(13-15-36)37(25-10-11-25)29(39)24-17-33-28(34-18-24)23-8-6-22(7-9-23)16-27(38)35(5)19-32(4)20-41-21-32/h6-9,17-18,25-26H,10-16,19-21H2,1-5H3. The fourth-order valence-electron chi connectivity index (χ4n) is 5.66. The molecule has 3 fully saturated rings.